The zero-order valence-electron chi connectivity index (χ0n) is 10.7. The molecular weight excluding hydrogens is 282 g/mol. The van der Waals surface area contributed by atoms with E-state index < -0.39 is 4.92 Å². The van der Waals surface area contributed by atoms with E-state index in [1.807, 2.05) is 0 Å². The first kappa shape index (κ1) is 14.4. The van der Waals surface area contributed by atoms with Gasteiger partial charge in [-0.3, -0.25) is 10.1 Å². The molecule has 0 saturated heterocycles. The lowest BCUT2D eigenvalue weighted by molar-refractivity contribution is -0.384. The van der Waals surface area contributed by atoms with Crippen molar-refractivity contribution in [2.75, 3.05) is 6.54 Å². The van der Waals surface area contributed by atoms with Gasteiger partial charge >= 0.3 is 0 Å². The topological polar surface area (TPSA) is 99.9 Å². The van der Waals surface area contributed by atoms with Crippen molar-refractivity contribution in [1.29, 1.82) is 0 Å². The molecule has 7 nitrogen and oxygen atoms in total. The summed E-state index contributed by atoms with van der Waals surface area (Å²) in [5.41, 5.74) is 6.67. The summed E-state index contributed by atoms with van der Waals surface area (Å²) in [7, 11) is 0. The maximum Gasteiger partial charge on any atom is 0.290 e. The highest BCUT2D eigenvalue weighted by Crippen LogP contribution is 2.26. The minimum absolute atomic E-state index is 0.0991. The van der Waals surface area contributed by atoms with Crippen molar-refractivity contribution in [2.45, 2.75) is 19.3 Å². The lowest BCUT2D eigenvalue weighted by atomic mass is 10.2. The largest absolute Gasteiger partial charge is 0.330 e. The summed E-state index contributed by atoms with van der Waals surface area (Å²) in [4.78, 5) is 10.3. The molecule has 106 valence electrons. The van der Waals surface area contributed by atoms with Crippen LogP contribution in [0.5, 0.6) is 0 Å². The molecule has 8 heteroatoms. The predicted molar refractivity (Wildman–Crippen MR) is 75.0 cm³/mol. The predicted octanol–water partition coefficient (Wildman–Crippen LogP) is 2.11. The van der Waals surface area contributed by atoms with Crippen molar-refractivity contribution in [2.24, 2.45) is 5.73 Å². The van der Waals surface area contributed by atoms with Gasteiger partial charge in [-0.2, -0.15) is 0 Å². The number of benzene rings is 1. The van der Waals surface area contributed by atoms with Gasteiger partial charge in [-0.05, 0) is 37.9 Å². The Morgan fingerprint density at radius 1 is 1.40 bits per heavy atom. The van der Waals surface area contributed by atoms with Crippen LogP contribution in [-0.2, 0) is 6.42 Å². The van der Waals surface area contributed by atoms with E-state index in [1.54, 1.807) is 12.3 Å². The van der Waals surface area contributed by atoms with Crippen LogP contribution in [0.25, 0.3) is 5.69 Å². The van der Waals surface area contributed by atoms with E-state index in [2.05, 4.69) is 10.3 Å². The monoisotopic (exact) mass is 295 g/mol. The molecule has 2 rings (SSSR count). The van der Waals surface area contributed by atoms with E-state index in [1.165, 1.54) is 16.8 Å². The molecular formula is C12H14ClN5O2. The summed E-state index contributed by atoms with van der Waals surface area (Å²) in [6, 6.07) is 4.51. The Labute approximate surface area is 120 Å². The number of unbranched alkanes of at least 4 members (excludes halogenated alkanes) is 1. The van der Waals surface area contributed by atoms with Gasteiger partial charge in [-0.25, -0.2) is 4.68 Å². The molecule has 20 heavy (non-hydrogen) atoms. The second-order valence-corrected chi connectivity index (χ2v) is 4.70. The highest BCUT2D eigenvalue weighted by atomic mass is 35.5. The number of aromatic nitrogens is 3. The van der Waals surface area contributed by atoms with Crippen LogP contribution in [-0.4, -0.2) is 26.5 Å². The highest BCUT2D eigenvalue weighted by molar-refractivity contribution is 6.32. The van der Waals surface area contributed by atoms with Crippen molar-refractivity contribution in [3.8, 4) is 5.69 Å². The molecule has 0 aliphatic carbocycles. The highest BCUT2D eigenvalue weighted by Gasteiger charge is 2.14. The summed E-state index contributed by atoms with van der Waals surface area (Å²) in [5.74, 6) is 0. The Balaban J connectivity index is 2.19. The van der Waals surface area contributed by atoms with Crippen molar-refractivity contribution in [3.63, 3.8) is 0 Å². The molecule has 0 aliphatic heterocycles. The van der Waals surface area contributed by atoms with Crippen LogP contribution in [0.4, 0.5) is 5.69 Å². The van der Waals surface area contributed by atoms with Crippen LogP contribution < -0.4 is 5.73 Å². The smallest absolute Gasteiger partial charge is 0.290 e. The van der Waals surface area contributed by atoms with Crippen LogP contribution >= 0.6 is 11.6 Å². The zero-order valence-corrected chi connectivity index (χ0v) is 11.5. The lowest BCUT2D eigenvalue weighted by Crippen LogP contribution is -1.99. The van der Waals surface area contributed by atoms with Crippen molar-refractivity contribution < 1.29 is 4.92 Å². The third-order valence-electron chi connectivity index (χ3n) is 2.82. The van der Waals surface area contributed by atoms with Crippen LogP contribution in [0, 0.1) is 10.1 Å². The summed E-state index contributed by atoms with van der Waals surface area (Å²) < 4.78 is 1.50. The van der Waals surface area contributed by atoms with Crippen molar-refractivity contribution in [3.05, 3.63) is 45.2 Å². The van der Waals surface area contributed by atoms with Crippen LogP contribution in [0.15, 0.2) is 24.4 Å². The molecule has 0 saturated carbocycles. The fraction of sp³-hybridized carbons (Fsp3) is 0.333. The first-order valence-electron chi connectivity index (χ1n) is 6.17. The van der Waals surface area contributed by atoms with Crippen molar-refractivity contribution >= 4 is 17.3 Å². The number of aryl methyl sites for hydroxylation is 1. The van der Waals surface area contributed by atoms with E-state index in [0.717, 1.165) is 25.0 Å². The minimum Gasteiger partial charge on any atom is -0.330 e. The first-order chi connectivity index (χ1) is 9.61. The molecule has 0 spiro atoms. The van der Waals surface area contributed by atoms with E-state index >= 15 is 0 Å². The normalized spacial score (nSPS) is 10.7. The molecule has 0 aliphatic rings. The molecule has 0 bridgehead atoms. The third kappa shape index (κ3) is 3.31. The SMILES string of the molecule is NCCCCc1cn(-c2ccc(Cl)c([N+](=O)[O-])c2)nn1. The maximum atomic E-state index is 10.8. The molecule has 0 fully saturated rings. The number of hydrogen-bond donors (Lipinski definition) is 1. The molecule has 0 radical (unpaired) electrons. The zero-order chi connectivity index (χ0) is 14.5. The number of nitrogens with zero attached hydrogens (tertiary/aromatic N) is 4. The Morgan fingerprint density at radius 3 is 2.90 bits per heavy atom. The van der Waals surface area contributed by atoms with Gasteiger partial charge in [0.2, 0.25) is 0 Å². The lowest BCUT2D eigenvalue weighted by Gasteiger charge is -2.01. The Morgan fingerprint density at radius 2 is 2.20 bits per heavy atom. The van der Waals surface area contributed by atoms with Gasteiger partial charge in [0.1, 0.15) is 5.02 Å². The number of nitrogens with two attached hydrogens (primary N) is 1. The molecule has 0 unspecified atom stereocenters. The number of rotatable bonds is 6. The molecule has 2 N–H and O–H groups in total. The van der Waals surface area contributed by atoms with Gasteiger partial charge in [0.25, 0.3) is 5.69 Å². The summed E-state index contributed by atoms with van der Waals surface area (Å²) in [6.07, 6.45) is 4.41. The maximum absolute atomic E-state index is 10.8. The number of halogens is 1. The van der Waals surface area contributed by atoms with E-state index in [-0.39, 0.29) is 10.7 Å². The first-order valence-corrected chi connectivity index (χ1v) is 6.55. The van der Waals surface area contributed by atoms with Gasteiger partial charge in [-0.1, -0.05) is 16.8 Å². The average molecular weight is 296 g/mol. The average Bonchev–Trinajstić information content (AvgIpc) is 2.88. The van der Waals surface area contributed by atoms with Crippen molar-refractivity contribution in [1.82, 2.24) is 15.0 Å². The Hall–Kier alpha value is -1.99. The molecule has 2 aromatic rings. The quantitative estimate of drug-likeness (QED) is 0.500. The van der Waals surface area contributed by atoms with Gasteiger partial charge in [0.05, 0.1) is 22.5 Å². The summed E-state index contributed by atoms with van der Waals surface area (Å²) in [5, 5.41) is 18.9. The van der Waals surface area contributed by atoms with Gasteiger partial charge in [-0.15, -0.1) is 5.10 Å². The van der Waals surface area contributed by atoms with Crippen LogP contribution in [0.2, 0.25) is 5.02 Å². The summed E-state index contributed by atoms with van der Waals surface area (Å²) in [6.45, 7) is 0.650. The van der Waals surface area contributed by atoms with Gasteiger partial charge in [0.15, 0.2) is 0 Å². The van der Waals surface area contributed by atoms with Crippen LogP contribution in [0.3, 0.4) is 0 Å². The van der Waals surface area contributed by atoms with Gasteiger partial charge in [0, 0.05) is 6.07 Å². The minimum atomic E-state index is -0.523. The van der Waals surface area contributed by atoms with Gasteiger partial charge < -0.3 is 5.73 Å². The molecule has 0 atom stereocenters. The molecule has 1 aromatic carbocycles. The fourth-order valence-corrected chi connectivity index (χ4v) is 1.96. The molecule has 1 heterocycles. The van der Waals surface area contributed by atoms with E-state index in [4.69, 9.17) is 17.3 Å². The van der Waals surface area contributed by atoms with E-state index in [9.17, 15) is 10.1 Å². The fourth-order valence-electron chi connectivity index (χ4n) is 1.77. The number of nitro groups is 1. The Bertz CT molecular complexity index is 614. The van der Waals surface area contributed by atoms with Crippen LogP contribution in [0.1, 0.15) is 18.5 Å². The number of nitro benzene ring substituents is 1. The Kier molecular flexibility index (Phi) is 4.65. The molecule has 1 aromatic heterocycles. The summed E-state index contributed by atoms with van der Waals surface area (Å²) >= 11 is 5.77. The second kappa shape index (κ2) is 6.44. The second-order valence-electron chi connectivity index (χ2n) is 4.29. The number of hydrogen-bond acceptors (Lipinski definition) is 5. The standard InChI is InChI=1S/C12H14ClN5O2/c13-11-5-4-10(7-12(11)18(19)20)17-8-9(15-16-17)3-1-2-6-14/h4-5,7-8H,1-3,6,14H2. The third-order valence-corrected chi connectivity index (χ3v) is 3.14. The van der Waals surface area contributed by atoms with E-state index in [0.29, 0.717) is 12.2 Å². The molecule has 0 amide bonds.